The Morgan fingerprint density at radius 2 is 2.04 bits per heavy atom. The van der Waals surface area contributed by atoms with Gasteiger partial charge in [-0.15, -0.1) is 10.2 Å². The summed E-state index contributed by atoms with van der Waals surface area (Å²) < 4.78 is 15.0. The van der Waals surface area contributed by atoms with Crippen LogP contribution < -0.4 is 11.2 Å². The quantitative estimate of drug-likeness (QED) is 0.571. The first-order chi connectivity index (χ1) is 12.6. The average Bonchev–Trinajstić information content (AvgIpc) is 3.01. The van der Waals surface area contributed by atoms with Crippen molar-refractivity contribution in [3.63, 3.8) is 0 Å². The van der Waals surface area contributed by atoms with Crippen LogP contribution in [0.2, 0.25) is 0 Å². The molecule has 0 bridgehead atoms. The van der Waals surface area contributed by atoms with Crippen LogP contribution in [-0.2, 0) is 11.2 Å². The van der Waals surface area contributed by atoms with E-state index in [2.05, 4.69) is 15.5 Å². The zero-order chi connectivity index (χ0) is 18.4. The summed E-state index contributed by atoms with van der Waals surface area (Å²) >= 11 is 1.19. The van der Waals surface area contributed by atoms with Crippen molar-refractivity contribution in [1.29, 1.82) is 0 Å². The van der Waals surface area contributed by atoms with Crippen molar-refractivity contribution in [2.24, 2.45) is 5.92 Å². The summed E-state index contributed by atoms with van der Waals surface area (Å²) in [6.45, 7) is 0. The third-order valence-corrected chi connectivity index (χ3v) is 5.66. The largest absolute Gasteiger partial charge is 0.336 e. The minimum atomic E-state index is -0.460. The molecule has 3 rings (SSSR count). The molecule has 0 unspecified atom stereocenters. The third kappa shape index (κ3) is 4.97. The number of aromatic nitrogens is 3. The highest BCUT2D eigenvalue weighted by molar-refractivity contribution is 7.99. The second-order valence-corrected chi connectivity index (χ2v) is 7.57. The van der Waals surface area contributed by atoms with Crippen LogP contribution in [0.25, 0.3) is 0 Å². The molecule has 1 fully saturated rings. The highest BCUT2D eigenvalue weighted by Gasteiger charge is 2.17. The summed E-state index contributed by atoms with van der Waals surface area (Å²) in [6.07, 6.45) is 8.44. The van der Waals surface area contributed by atoms with Gasteiger partial charge in [0.25, 0.3) is 0 Å². The molecule has 3 N–H and O–H groups in total. The van der Waals surface area contributed by atoms with E-state index in [4.69, 9.17) is 5.84 Å². The molecule has 1 saturated carbocycles. The number of benzene rings is 1. The predicted molar refractivity (Wildman–Crippen MR) is 101 cm³/mol. The van der Waals surface area contributed by atoms with E-state index in [1.807, 2.05) is 0 Å². The number of nitrogens with two attached hydrogens (primary N) is 1. The smallest absolute Gasteiger partial charge is 0.234 e. The second-order valence-electron chi connectivity index (χ2n) is 6.63. The summed E-state index contributed by atoms with van der Waals surface area (Å²) in [5.41, 5.74) is 0.167. The van der Waals surface area contributed by atoms with Crippen molar-refractivity contribution in [2.75, 3.05) is 16.9 Å². The maximum Gasteiger partial charge on any atom is 0.234 e. The standard InChI is InChI=1S/C18H24FN5OS/c19-14-8-4-5-9-15(14)21-17(25)12-26-18-23-22-16(24(18)20)11-10-13-6-2-1-3-7-13/h4-5,8-9,13H,1-3,6-7,10-12,20H2,(H,21,25). The monoisotopic (exact) mass is 377 g/mol. The summed E-state index contributed by atoms with van der Waals surface area (Å²) in [5, 5.41) is 11.3. The molecule has 0 radical (unpaired) electrons. The number of nitrogens with zero attached hydrogens (tertiary/aromatic N) is 3. The molecule has 1 aliphatic carbocycles. The molecule has 26 heavy (non-hydrogen) atoms. The molecule has 8 heteroatoms. The number of thioether (sulfide) groups is 1. The Kier molecular flexibility index (Phi) is 6.49. The number of halogens is 1. The molecule has 1 aromatic carbocycles. The Bertz CT molecular complexity index is 745. The maximum absolute atomic E-state index is 13.6. The van der Waals surface area contributed by atoms with Crippen LogP contribution in [0.5, 0.6) is 0 Å². The van der Waals surface area contributed by atoms with E-state index in [1.54, 1.807) is 12.1 Å². The van der Waals surface area contributed by atoms with E-state index in [9.17, 15) is 9.18 Å². The Labute approximate surface area is 156 Å². The van der Waals surface area contributed by atoms with Gasteiger partial charge in [-0.05, 0) is 24.5 Å². The summed E-state index contributed by atoms with van der Waals surface area (Å²) in [4.78, 5) is 12.0. The van der Waals surface area contributed by atoms with Crippen LogP contribution in [0.15, 0.2) is 29.4 Å². The van der Waals surface area contributed by atoms with Crippen molar-refractivity contribution in [3.8, 4) is 0 Å². The fourth-order valence-corrected chi connectivity index (χ4v) is 3.94. The lowest BCUT2D eigenvalue weighted by atomic mass is 9.86. The van der Waals surface area contributed by atoms with Crippen molar-refractivity contribution < 1.29 is 9.18 Å². The van der Waals surface area contributed by atoms with E-state index >= 15 is 0 Å². The number of carbonyl (C=O) groups is 1. The van der Waals surface area contributed by atoms with Crippen molar-refractivity contribution in [1.82, 2.24) is 14.9 Å². The maximum atomic E-state index is 13.6. The number of para-hydroxylation sites is 1. The van der Waals surface area contributed by atoms with Crippen molar-refractivity contribution in [3.05, 3.63) is 35.9 Å². The summed E-state index contributed by atoms with van der Waals surface area (Å²) in [7, 11) is 0. The van der Waals surface area contributed by atoms with Crippen LogP contribution in [-0.4, -0.2) is 26.5 Å². The lowest BCUT2D eigenvalue weighted by Gasteiger charge is -2.20. The highest BCUT2D eigenvalue weighted by atomic mass is 32.2. The van der Waals surface area contributed by atoms with Gasteiger partial charge in [-0.3, -0.25) is 4.79 Å². The lowest BCUT2D eigenvalue weighted by molar-refractivity contribution is -0.113. The Hall–Kier alpha value is -2.09. The molecule has 140 valence electrons. The van der Waals surface area contributed by atoms with Crippen LogP contribution in [0.3, 0.4) is 0 Å². The van der Waals surface area contributed by atoms with Gasteiger partial charge >= 0.3 is 0 Å². The molecule has 1 aromatic heterocycles. The number of nitrogen functional groups attached to an aromatic ring is 1. The van der Waals surface area contributed by atoms with Gasteiger partial charge in [-0.25, -0.2) is 9.07 Å². The average molecular weight is 377 g/mol. The van der Waals surface area contributed by atoms with Gasteiger partial charge in [0.15, 0.2) is 5.82 Å². The highest BCUT2D eigenvalue weighted by Crippen LogP contribution is 2.27. The van der Waals surface area contributed by atoms with Crippen LogP contribution >= 0.6 is 11.8 Å². The van der Waals surface area contributed by atoms with Crippen LogP contribution in [0.1, 0.15) is 44.3 Å². The minimum absolute atomic E-state index is 0.0896. The van der Waals surface area contributed by atoms with Crippen molar-refractivity contribution >= 4 is 23.4 Å². The molecule has 1 aliphatic rings. The predicted octanol–water partition coefficient (Wildman–Crippen LogP) is 3.37. The van der Waals surface area contributed by atoms with E-state index in [-0.39, 0.29) is 17.3 Å². The molecular formula is C18H24FN5OS. The molecule has 0 aliphatic heterocycles. The minimum Gasteiger partial charge on any atom is -0.336 e. The molecule has 0 saturated heterocycles. The third-order valence-electron chi connectivity index (χ3n) is 4.72. The second kappa shape index (κ2) is 9.02. The zero-order valence-corrected chi connectivity index (χ0v) is 15.5. The fraction of sp³-hybridized carbons (Fsp3) is 0.500. The number of anilines is 1. The Morgan fingerprint density at radius 1 is 1.27 bits per heavy atom. The number of aryl methyl sites for hydroxylation is 1. The zero-order valence-electron chi connectivity index (χ0n) is 14.7. The van der Waals surface area contributed by atoms with Gasteiger partial charge in [0.1, 0.15) is 5.82 Å². The number of hydrogen-bond donors (Lipinski definition) is 2. The van der Waals surface area contributed by atoms with Crippen LogP contribution in [0, 0.1) is 11.7 Å². The first kappa shape index (κ1) is 18.7. The van der Waals surface area contributed by atoms with Gasteiger partial charge in [-0.1, -0.05) is 56.0 Å². The van der Waals surface area contributed by atoms with Gasteiger partial charge in [0.05, 0.1) is 11.4 Å². The molecule has 0 atom stereocenters. The number of amides is 1. The van der Waals surface area contributed by atoms with Gasteiger partial charge in [0.2, 0.25) is 11.1 Å². The molecule has 6 nitrogen and oxygen atoms in total. The molecule has 2 aromatic rings. The molecular weight excluding hydrogens is 353 g/mol. The number of nitrogens with one attached hydrogen (secondary N) is 1. The lowest BCUT2D eigenvalue weighted by Crippen LogP contribution is -2.18. The Morgan fingerprint density at radius 3 is 2.81 bits per heavy atom. The van der Waals surface area contributed by atoms with Gasteiger partial charge in [0, 0.05) is 6.42 Å². The fourth-order valence-electron chi connectivity index (χ4n) is 3.26. The summed E-state index contributed by atoms with van der Waals surface area (Å²) in [6, 6.07) is 6.07. The van der Waals surface area contributed by atoms with E-state index in [0.29, 0.717) is 5.16 Å². The van der Waals surface area contributed by atoms with Gasteiger partial charge in [-0.2, -0.15) is 0 Å². The molecule has 1 heterocycles. The SMILES string of the molecule is Nn1c(CCC2CCCCC2)nnc1SCC(=O)Nc1ccccc1F. The van der Waals surface area contributed by atoms with Gasteiger partial charge < -0.3 is 11.2 Å². The number of carbonyl (C=O) groups excluding carboxylic acids is 1. The van der Waals surface area contributed by atoms with E-state index in [0.717, 1.165) is 24.6 Å². The van der Waals surface area contributed by atoms with E-state index < -0.39 is 5.82 Å². The van der Waals surface area contributed by atoms with Crippen molar-refractivity contribution in [2.45, 2.75) is 50.1 Å². The number of rotatable bonds is 7. The normalized spacial score (nSPS) is 15.1. The first-order valence-electron chi connectivity index (χ1n) is 9.00. The molecule has 0 spiro atoms. The number of hydrogen-bond acceptors (Lipinski definition) is 5. The van der Waals surface area contributed by atoms with E-state index in [1.165, 1.54) is 60.7 Å². The Balaban J connectivity index is 1.48. The first-order valence-corrected chi connectivity index (χ1v) is 9.98. The molecule has 1 amide bonds. The topological polar surface area (TPSA) is 85.8 Å². The van der Waals surface area contributed by atoms with Crippen LogP contribution in [0.4, 0.5) is 10.1 Å². The summed E-state index contributed by atoms with van der Waals surface area (Å²) in [5.74, 6) is 6.87.